The van der Waals surface area contributed by atoms with Crippen molar-refractivity contribution in [2.24, 2.45) is 7.05 Å². The molecule has 180 valence electrons. The van der Waals surface area contributed by atoms with Crippen LogP contribution >= 0.6 is 0 Å². The molecule has 2 aliphatic carbocycles. The Hall–Kier alpha value is -4.14. The Morgan fingerprint density at radius 1 is 1.11 bits per heavy atom. The third-order valence-corrected chi connectivity index (χ3v) is 6.57. The molecule has 3 aromatic rings. The van der Waals surface area contributed by atoms with Crippen LogP contribution in [0.5, 0.6) is 0 Å². The van der Waals surface area contributed by atoms with Crippen molar-refractivity contribution in [1.29, 1.82) is 0 Å². The monoisotopic (exact) mass is 474 g/mol. The largest absolute Gasteiger partial charge is 0.480 e. The van der Waals surface area contributed by atoms with Crippen LogP contribution < -0.4 is 5.32 Å². The first-order chi connectivity index (χ1) is 16.8. The number of carbonyl (C=O) groups is 3. The van der Waals surface area contributed by atoms with E-state index in [1.807, 2.05) is 36.4 Å². The van der Waals surface area contributed by atoms with E-state index in [2.05, 4.69) is 22.5 Å². The number of carbonyl (C=O) groups excluding carboxylic acids is 2. The van der Waals surface area contributed by atoms with Crippen molar-refractivity contribution in [3.05, 3.63) is 71.4 Å². The highest BCUT2D eigenvalue weighted by molar-refractivity contribution is 6.03. The molecule has 35 heavy (non-hydrogen) atoms. The second-order valence-electron chi connectivity index (χ2n) is 8.97. The quantitative estimate of drug-likeness (QED) is 0.538. The third-order valence-electron chi connectivity index (χ3n) is 6.57. The maximum atomic E-state index is 13.2. The summed E-state index contributed by atoms with van der Waals surface area (Å²) >= 11 is 0. The van der Waals surface area contributed by atoms with Crippen molar-refractivity contribution < 1.29 is 24.2 Å². The normalized spacial score (nSPS) is 15.1. The number of amides is 2. The van der Waals surface area contributed by atoms with Crippen molar-refractivity contribution in [3.63, 3.8) is 0 Å². The fraction of sp³-hybridized carbons (Fsp3) is 0.308. The fourth-order valence-electron chi connectivity index (χ4n) is 4.74. The maximum absolute atomic E-state index is 13.2. The van der Waals surface area contributed by atoms with Crippen LogP contribution in [0.3, 0.4) is 0 Å². The van der Waals surface area contributed by atoms with Crippen LogP contribution in [-0.2, 0) is 16.6 Å². The molecule has 0 spiro atoms. The van der Waals surface area contributed by atoms with E-state index < -0.39 is 24.0 Å². The van der Waals surface area contributed by atoms with Crippen LogP contribution in [0.2, 0.25) is 0 Å². The van der Waals surface area contributed by atoms with Crippen molar-refractivity contribution in [2.45, 2.75) is 37.8 Å². The summed E-state index contributed by atoms with van der Waals surface area (Å²) < 4.78 is 6.98. The van der Waals surface area contributed by atoms with Gasteiger partial charge in [0.05, 0.1) is 0 Å². The molecule has 1 fully saturated rings. The summed E-state index contributed by atoms with van der Waals surface area (Å²) in [6.07, 6.45) is 2.24. The van der Waals surface area contributed by atoms with Gasteiger partial charge in [-0.3, -0.25) is 14.8 Å². The van der Waals surface area contributed by atoms with Gasteiger partial charge in [0.15, 0.2) is 5.82 Å². The number of carboxylic acids is 1. The maximum Gasteiger partial charge on any atom is 0.412 e. The van der Waals surface area contributed by atoms with Gasteiger partial charge in [-0.15, -0.1) is 0 Å². The minimum absolute atomic E-state index is 0.0398. The van der Waals surface area contributed by atoms with Crippen molar-refractivity contribution >= 4 is 23.8 Å². The third kappa shape index (κ3) is 4.25. The summed E-state index contributed by atoms with van der Waals surface area (Å²) in [4.78, 5) is 38.9. The summed E-state index contributed by atoms with van der Waals surface area (Å²) in [6.45, 7) is 1.60. The molecule has 2 aliphatic rings. The SMILES string of the molecule is CC(C(=O)O)N(C(=O)c1cn(C)nc1NC(=O)OCC1c2ccccc2-c2ccccc21)C1CC1. The molecule has 1 unspecified atom stereocenters. The minimum atomic E-state index is -1.08. The van der Waals surface area contributed by atoms with Gasteiger partial charge in [0.25, 0.3) is 5.91 Å². The Balaban J connectivity index is 1.31. The van der Waals surface area contributed by atoms with Gasteiger partial charge in [0.1, 0.15) is 18.2 Å². The number of carboxylic acid groups (broad SMARTS) is 1. The molecule has 0 saturated heterocycles. The van der Waals surface area contributed by atoms with E-state index in [1.165, 1.54) is 22.7 Å². The molecular weight excluding hydrogens is 448 g/mol. The number of nitrogens with one attached hydrogen (secondary N) is 1. The number of fused-ring (bicyclic) bond motifs is 3. The average molecular weight is 475 g/mol. The summed E-state index contributed by atoms with van der Waals surface area (Å²) in [5.41, 5.74) is 4.57. The van der Waals surface area contributed by atoms with Gasteiger partial charge in [-0.25, -0.2) is 9.59 Å². The standard InChI is InChI=1S/C26H26N4O5/c1-15(25(32)33)30(16-11-12-16)24(31)21-13-29(2)28-23(21)27-26(34)35-14-22-19-9-5-3-7-17(19)18-8-4-6-10-20(18)22/h3-10,13,15-16,22H,11-12,14H2,1-2H3,(H,32,33)(H,27,28,34). The lowest BCUT2D eigenvalue weighted by Gasteiger charge is -2.26. The van der Waals surface area contributed by atoms with E-state index in [0.717, 1.165) is 35.1 Å². The second kappa shape index (κ2) is 8.90. The predicted octanol–water partition coefficient (Wildman–Crippen LogP) is 3.86. The highest BCUT2D eigenvalue weighted by Crippen LogP contribution is 2.44. The molecule has 0 bridgehead atoms. The molecule has 1 aromatic heterocycles. The summed E-state index contributed by atoms with van der Waals surface area (Å²) in [5, 5.41) is 16.2. The zero-order chi connectivity index (χ0) is 24.7. The van der Waals surface area contributed by atoms with E-state index in [4.69, 9.17) is 4.74 Å². The molecule has 9 nitrogen and oxygen atoms in total. The highest BCUT2D eigenvalue weighted by Gasteiger charge is 2.40. The lowest BCUT2D eigenvalue weighted by molar-refractivity contribution is -0.141. The molecule has 9 heteroatoms. The predicted molar refractivity (Wildman–Crippen MR) is 128 cm³/mol. The number of hydrogen-bond acceptors (Lipinski definition) is 5. The Bertz CT molecular complexity index is 1270. The first kappa shape index (κ1) is 22.6. The number of benzene rings is 2. The summed E-state index contributed by atoms with van der Waals surface area (Å²) in [5.74, 6) is -1.62. The average Bonchev–Trinajstić information content (AvgIpc) is 3.53. The molecule has 1 saturated carbocycles. The summed E-state index contributed by atoms with van der Waals surface area (Å²) in [7, 11) is 1.63. The molecule has 1 atom stereocenters. The second-order valence-corrected chi connectivity index (χ2v) is 8.97. The molecular formula is C26H26N4O5. The first-order valence-electron chi connectivity index (χ1n) is 11.6. The van der Waals surface area contributed by atoms with Crippen molar-refractivity contribution in [1.82, 2.24) is 14.7 Å². The smallest absolute Gasteiger partial charge is 0.412 e. The summed E-state index contributed by atoms with van der Waals surface area (Å²) in [6, 6.07) is 15.0. The van der Waals surface area contributed by atoms with E-state index >= 15 is 0 Å². The van der Waals surface area contributed by atoms with Crippen LogP contribution in [0.25, 0.3) is 11.1 Å². The number of aryl methyl sites for hydroxylation is 1. The van der Waals surface area contributed by atoms with Crippen LogP contribution in [0, 0.1) is 0 Å². The van der Waals surface area contributed by atoms with E-state index in [-0.39, 0.29) is 29.9 Å². The number of aromatic nitrogens is 2. The minimum Gasteiger partial charge on any atom is -0.480 e. The Labute approximate surface area is 202 Å². The van der Waals surface area contributed by atoms with E-state index in [9.17, 15) is 19.5 Å². The number of nitrogens with zero attached hydrogens (tertiary/aromatic N) is 3. The van der Waals surface area contributed by atoms with Gasteiger partial charge >= 0.3 is 12.1 Å². The Morgan fingerprint density at radius 2 is 1.71 bits per heavy atom. The lowest BCUT2D eigenvalue weighted by Crippen LogP contribution is -2.44. The van der Waals surface area contributed by atoms with E-state index in [0.29, 0.717) is 0 Å². The van der Waals surface area contributed by atoms with Gasteiger partial charge in [-0.2, -0.15) is 5.10 Å². The number of ether oxygens (including phenoxy) is 1. The van der Waals surface area contributed by atoms with Crippen molar-refractivity contribution in [3.8, 4) is 11.1 Å². The van der Waals surface area contributed by atoms with Gasteiger partial charge < -0.3 is 14.7 Å². The number of rotatable bonds is 7. The molecule has 2 N–H and O–H groups in total. The zero-order valence-corrected chi connectivity index (χ0v) is 19.5. The van der Waals surface area contributed by atoms with Crippen LogP contribution in [0.15, 0.2) is 54.7 Å². The number of aliphatic carboxylic acids is 1. The molecule has 1 heterocycles. The highest BCUT2D eigenvalue weighted by atomic mass is 16.5. The van der Waals surface area contributed by atoms with Crippen LogP contribution in [-0.4, -0.2) is 56.4 Å². The lowest BCUT2D eigenvalue weighted by atomic mass is 9.98. The van der Waals surface area contributed by atoms with Gasteiger partial charge in [-0.05, 0) is 42.0 Å². The zero-order valence-electron chi connectivity index (χ0n) is 19.5. The van der Waals surface area contributed by atoms with Crippen LogP contribution in [0.1, 0.15) is 47.2 Å². The van der Waals surface area contributed by atoms with Crippen molar-refractivity contribution in [2.75, 3.05) is 11.9 Å². The topological polar surface area (TPSA) is 114 Å². The number of hydrogen-bond donors (Lipinski definition) is 2. The van der Waals surface area contributed by atoms with Gasteiger partial charge in [0, 0.05) is 25.2 Å². The number of anilines is 1. The van der Waals surface area contributed by atoms with Gasteiger partial charge in [-0.1, -0.05) is 48.5 Å². The molecule has 0 aliphatic heterocycles. The van der Waals surface area contributed by atoms with E-state index in [1.54, 1.807) is 7.05 Å². The molecule has 2 amide bonds. The Morgan fingerprint density at radius 3 is 2.29 bits per heavy atom. The molecule has 0 radical (unpaired) electrons. The Kier molecular flexibility index (Phi) is 5.76. The first-order valence-corrected chi connectivity index (χ1v) is 11.6. The molecule has 2 aromatic carbocycles. The van der Waals surface area contributed by atoms with Gasteiger partial charge in [0.2, 0.25) is 0 Å². The fourth-order valence-corrected chi connectivity index (χ4v) is 4.74. The van der Waals surface area contributed by atoms with Crippen LogP contribution in [0.4, 0.5) is 10.6 Å². The molecule has 5 rings (SSSR count).